The maximum Gasteiger partial charge on any atom is 0.188 e. The fourth-order valence-electron chi connectivity index (χ4n) is 2.67. The Morgan fingerprint density at radius 2 is 1.65 bits per heavy atom. The fraction of sp³-hybridized carbons (Fsp3) is 0.100. The number of benzene rings is 2. The van der Waals surface area contributed by atoms with Gasteiger partial charge in [-0.2, -0.15) is 5.10 Å². The van der Waals surface area contributed by atoms with E-state index >= 15 is 0 Å². The van der Waals surface area contributed by atoms with Gasteiger partial charge in [0.25, 0.3) is 0 Å². The zero-order valence-corrected chi connectivity index (χ0v) is 14.1. The highest BCUT2D eigenvalue weighted by atomic mass is 19.1. The Morgan fingerprint density at radius 1 is 1.00 bits per heavy atom. The SMILES string of the molecule is Cc1nn(-c2ccc(F)cc2)c(C)c1/C=C/C(=O)c1ccc(F)cc1F. The minimum atomic E-state index is -0.907. The summed E-state index contributed by atoms with van der Waals surface area (Å²) in [6, 6.07) is 8.68. The first-order chi connectivity index (χ1) is 12.4. The molecule has 0 aliphatic rings. The van der Waals surface area contributed by atoms with Crippen LogP contribution in [0, 0.1) is 31.3 Å². The third kappa shape index (κ3) is 3.44. The molecule has 0 bridgehead atoms. The summed E-state index contributed by atoms with van der Waals surface area (Å²) in [6.45, 7) is 3.58. The molecular weight excluding hydrogens is 341 g/mol. The van der Waals surface area contributed by atoms with Crippen LogP contribution in [0.1, 0.15) is 27.3 Å². The van der Waals surface area contributed by atoms with Crippen molar-refractivity contribution in [2.45, 2.75) is 13.8 Å². The van der Waals surface area contributed by atoms with Gasteiger partial charge in [0, 0.05) is 17.3 Å². The van der Waals surface area contributed by atoms with Crippen LogP contribution in [0.3, 0.4) is 0 Å². The van der Waals surface area contributed by atoms with Gasteiger partial charge in [0.15, 0.2) is 5.78 Å². The fourth-order valence-corrected chi connectivity index (χ4v) is 2.67. The molecule has 0 aliphatic carbocycles. The standard InChI is InChI=1S/C20H15F3N2O/c1-12-17(9-10-20(26)18-8-5-15(22)11-19(18)23)13(2)25(24-12)16-6-3-14(21)4-7-16/h3-11H,1-2H3/b10-9+. The molecule has 0 radical (unpaired) electrons. The number of carbonyl (C=O) groups excluding carboxylic acids is 1. The average Bonchev–Trinajstić information content (AvgIpc) is 2.88. The smallest absolute Gasteiger partial charge is 0.188 e. The van der Waals surface area contributed by atoms with E-state index in [1.165, 1.54) is 18.2 Å². The van der Waals surface area contributed by atoms with Crippen molar-refractivity contribution in [2.75, 3.05) is 0 Å². The van der Waals surface area contributed by atoms with E-state index in [0.29, 0.717) is 23.0 Å². The molecule has 0 unspecified atom stereocenters. The molecule has 0 aliphatic heterocycles. The third-order valence-corrected chi connectivity index (χ3v) is 4.02. The normalized spacial score (nSPS) is 11.3. The van der Waals surface area contributed by atoms with Crippen LogP contribution >= 0.6 is 0 Å². The Hall–Kier alpha value is -3.15. The number of halogens is 3. The van der Waals surface area contributed by atoms with Crippen molar-refractivity contribution in [2.24, 2.45) is 0 Å². The Morgan fingerprint density at radius 3 is 2.31 bits per heavy atom. The monoisotopic (exact) mass is 356 g/mol. The molecule has 0 atom stereocenters. The maximum absolute atomic E-state index is 13.7. The first-order valence-electron chi connectivity index (χ1n) is 7.86. The number of rotatable bonds is 4. The van der Waals surface area contributed by atoms with E-state index in [1.54, 1.807) is 29.8 Å². The van der Waals surface area contributed by atoms with Crippen molar-refractivity contribution in [3.63, 3.8) is 0 Å². The molecule has 3 aromatic rings. The molecule has 1 heterocycles. The lowest BCUT2D eigenvalue weighted by molar-refractivity contribution is 0.104. The number of aryl methyl sites for hydroxylation is 1. The summed E-state index contributed by atoms with van der Waals surface area (Å²) < 4.78 is 41.4. The lowest BCUT2D eigenvalue weighted by Crippen LogP contribution is -2.00. The van der Waals surface area contributed by atoms with E-state index in [0.717, 1.165) is 17.8 Å². The Bertz CT molecular complexity index is 1000. The van der Waals surface area contributed by atoms with Crippen LogP contribution in [0.5, 0.6) is 0 Å². The Labute approximate surface area is 148 Å². The minimum Gasteiger partial charge on any atom is -0.289 e. The van der Waals surface area contributed by atoms with E-state index in [2.05, 4.69) is 5.10 Å². The van der Waals surface area contributed by atoms with Crippen LogP contribution in [-0.4, -0.2) is 15.6 Å². The van der Waals surface area contributed by atoms with Crippen molar-refractivity contribution in [1.29, 1.82) is 0 Å². The summed E-state index contributed by atoms with van der Waals surface area (Å²) >= 11 is 0. The topological polar surface area (TPSA) is 34.9 Å². The number of carbonyl (C=O) groups is 1. The molecule has 3 rings (SSSR count). The van der Waals surface area contributed by atoms with E-state index in [1.807, 2.05) is 6.92 Å². The summed E-state index contributed by atoms with van der Waals surface area (Å²) in [5, 5.41) is 4.40. The van der Waals surface area contributed by atoms with Crippen LogP contribution in [-0.2, 0) is 0 Å². The first kappa shape index (κ1) is 17.7. The highest BCUT2D eigenvalue weighted by Crippen LogP contribution is 2.20. The molecule has 0 saturated carbocycles. The highest BCUT2D eigenvalue weighted by Gasteiger charge is 2.13. The van der Waals surface area contributed by atoms with Gasteiger partial charge < -0.3 is 0 Å². The zero-order valence-electron chi connectivity index (χ0n) is 14.1. The third-order valence-electron chi connectivity index (χ3n) is 4.02. The molecule has 26 heavy (non-hydrogen) atoms. The van der Waals surface area contributed by atoms with Gasteiger partial charge >= 0.3 is 0 Å². The number of aromatic nitrogens is 2. The molecule has 3 nitrogen and oxygen atoms in total. The van der Waals surface area contributed by atoms with E-state index < -0.39 is 17.4 Å². The van der Waals surface area contributed by atoms with Gasteiger partial charge in [-0.3, -0.25) is 4.79 Å². The molecule has 0 spiro atoms. The maximum atomic E-state index is 13.7. The van der Waals surface area contributed by atoms with Crippen LogP contribution in [0.2, 0.25) is 0 Å². The predicted molar refractivity (Wildman–Crippen MR) is 92.7 cm³/mol. The van der Waals surface area contributed by atoms with E-state index in [4.69, 9.17) is 0 Å². The van der Waals surface area contributed by atoms with Crippen LogP contribution in [0.25, 0.3) is 11.8 Å². The zero-order chi connectivity index (χ0) is 18.8. The Kier molecular flexibility index (Phi) is 4.75. The summed E-state index contributed by atoms with van der Waals surface area (Å²) in [5.41, 5.74) is 2.59. The van der Waals surface area contributed by atoms with Gasteiger partial charge in [-0.05, 0) is 62.4 Å². The van der Waals surface area contributed by atoms with Crippen LogP contribution < -0.4 is 0 Å². The Balaban J connectivity index is 1.91. The molecule has 0 N–H and O–H groups in total. The van der Waals surface area contributed by atoms with Gasteiger partial charge in [-0.1, -0.05) is 0 Å². The second kappa shape index (κ2) is 7.00. The average molecular weight is 356 g/mol. The van der Waals surface area contributed by atoms with Crippen molar-refractivity contribution < 1.29 is 18.0 Å². The molecule has 6 heteroatoms. The van der Waals surface area contributed by atoms with Crippen molar-refractivity contribution >= 4 is 11.9 Å². The molecule has 2 aromatic carbocycles. The first-order valence-corrected chi connectivity index (χ1v) is 7.86. The number of allylic oxidation sites excluding steroid dienone is 1. The van der Waals surface area contributed by atoms with Gasteiger partial charge in [0.1, 0.15) is 17.5 Å². The number of hydrogen-bond donors (Lipinski definition) is 0. The van der Waals surface area contributed by atoms with Crippen molar-refractivity contribution in [3.8, 4) is 5.69 Å². The minimum absolute atomic E-state index is 0.205. The molecular formula is C20H15F3N2O. The van der Waals surface area contributed by atoms with Gasteiger partial charge in [-0.15, -0.1) is 0 Å². The quantitative estimate of drug-likeness (QED) is 0.497. The number of ketones is 1. The summed E-state index contributed by atoms with van der Waals surface area (Å²) in [5.74, 6) is -2.57. The highest BCUT2D eigenvalue weighted by molar-refractivity contribution is 6.07. The molecule has 0 fully saturated rings. The lowest BCUT2D eigenvalue weighted by atomic mass is 10.1. The van der Waals surface area contributed by atoms with Crippen LogP contribution in [0.4, 0.5) is 13.2 Å². The second-order valence-corrected chi connectivity index (χ2v) is 5.79. The lowest BCUT2D eigenvalue weighted by Gasteiger charge is -2.04. The summed E-state index contributed by atoms with van der Waals surface area (Å²) in [7, 11) is 0. The number of nitrogens with zero attached hydrogens (tertiary/aromatic N) is 2. The molecule has 1 aromatic heterocycles. The second-order valence-electron chi connectivity index (χ2n) is 5.79. The van der Waals surface area contributed by atoms with Crippen molar-refractivity contribution in [3.05, 3.63) is 88.5 Å². The van der Waals surface area contributed by atoms with Gasteiger partial charge in [0.05, 0.1) is 16.9 Å². The largest absolute Gasteiger partial charge is 0.289 e. The molecule has 0 saturated heterocycles. The van der Waals surface area contributed by atoms with Crippen LogP contribution in [0.15, 0.2) is 48.5 Å². The number of hydrogen-bond acceptors (Lipinski definition) is 2. The molecule has 132 valence electrons. The molecule has 0 amide bonds. The van der Waals surface area contributed by atoms with E-state index in [9.17, 15) is 18.0 Å². The summed E-state index contributed by atoms with van der Waals surface area (Å²) in [6.07, 6.45) is 2.77. The van der Waals surface area contributed by atoms with Gasteiger partial charge in [-0.25, -0.2) is 17.9 Å². The van der Waals surface area contributed by atoms with E-state index in [-0.39, 0.29) is 11.4 Å². The van der Waals surface area contributed by atoms with Gasteiger partial charge in [0.2, 0.25) is 0 Å². The summed E-state index contributed by atoms with van der Waals surface area (Å²) in [4.78, 5) is 12.2. The van der Waals surface area contributed by atoms with Crippen molar-refractivity contribution in [1.82, 2.24) is 9.78 Å². The predicted octanol–water partition coefficient (Wildman–Crippen LogP) is 4.80.